The molecular weight excluding hydrogens is 316 g/mol. The van der Waals surface area contributed by atoms with E-state index >= 15 is 0 Å². The number of rotatable bonds is 8. The molecule has 0 radical (unpaired) electrons. The second kappa shape index (κ2) is 9.93. The Morgan fingerprint density at radius 3 is 2.68 bits per heavy atom. The van der Waals surface area contributed by atoms with Crippen LogP contribution in [0.5, 0.6) is 0 Å². The maximum absolute atomic E-state index is 12.3. The van der Waals surface area contributed by atoms with Gasteiger partial charge in [-0.2, -0.15) is 0 Å². The number of carbonyl (C=O) groups excluding carboxylic acids is 2. The third-order valence-corrected chi connectivity index (χ3v) is 4.22. The Kier molecular flexibility index (Phi) is 7.60. The predicted octanol–water partition coefficient (Wildman–Crippen LogP) is 1.99. The van der Waals surface area contributed by atoms with E-state index in [9.17, 15) is 9.59 Å². The van der Waals surface area contributed by atoms with Crippen molar-refractivity contribution in [3.63, 3.8) is 0 Å². The first-order valence-electron chi connectivity index (χ1n) is 8.91. The minimum atomic E-state index is -0.260. The zero-order chi connectivity index (χ0) is 18.1. The first-order valence-corrected chi connectivity index (χ1v) is 8.91. The number of hydrogen-bond acceptors (Lipinski definition) is 4. The van der Waals surface area contributed by atoms with Gasteiger partial charge in [-0.15, -0.1) is 0 Å². The molecule has 0 aromatic carbocycles. The van der Waals surface area contributed by atoms with Gasteiger partial charge < -0.3 is 15.5 Å². The highest BCUT2D eigenvalue weighted by molar-refractivity contribution is 5.98. The summed E-state index contributed by atoms with van der Waals surface area (Å²) in [6, 6.07) is 3.17. The molecule has 0 saturated carbocycles. The smallest absolute Gasteiger partial charge is 0.269 e. The minimum absolute atomic E-state index is 0.166. The van der Waals surface area contributed by atoms with E-state index in [1.54, 1.807) is 12.1 Å². The molecule has 0 saturated heterocycles. The van der Waals surface area contributed by atoms with Crippen LogP contribution >= 0.6 is 0 Å². The highest BCUT2D eigenvalue weighted by atomic mass is 16.2. The summed E-state index contributed by atoms with van der Waals surface area (Å²) in [4.78, 5) is 30.4. The number of nitrogens with one attached hydrogen (secondary N) is 2. The van der Waals surface area contributed by atoms with Gasteiger partial charge in [0.25, 0.3) is 11.8 Å². The fourth-order valence-corrected chi connectivity index (χ4v) is 2.75. The lowest BCUT2D eigenvalue weighted by Gasteiger charge is -2.13. The lowest BCUT2D eigenvalue weighted by atomic mass is 9.97. The van der Waals surface area contributed by atoms with E-state index in [1.807, 2.05) is 19.0 Å². The van der Waals surface area contributed by atoms with Crippen LogP contribution < -0.4 is 10.6 Å². The lowest BCUT2D eigenvalue weighted by molar-refractivity contribution is 0.0946. The molecule has 136 valence electrons. The number of amides is 2. The second-order valence-electron chi connectivity index (χ2n) is 6.60. The lowest BCUT2D eigenvalue weighted by Crippen LogP contribution is -2.32. The largest absolute Gasteiger partial charge is 0.352 e. The zero-order valence-electron chi connectivity index (χ0n) is 15.2. The number of allylic oxidation sites excluding steroid dienone is 1. The fraction of sp³-hybridized carbons (Fsp3) is 0.526. The molecule has 0 spiro atoms. The van der Waals surface area contributed by atoms with Crippen molar-refractivity contribution in [2.75, 3.05) is 33.7 Å². The van der Waals surface area contributed by atoms with Gasteiger partial charge in [0.1, 0.15) is 5.69 Å². The maximum atomic E-state index is 12.3. The Morgan fingerprint density at radius 2 is 1.96 bits per heavy atom. The van der Waals surface area contributed by atoms with E-state index < -0.39 is 0 Å². The molecule has 2 N–H and O–H groups in total. The van der Waals surface area contributed by atoms with Crippen LogP contribution in [0.15, 0.2) is 30.0 Å². The summed E-state index contributed by atoms with van der Waals surface area (Å²) in [6.45, 7) is 1.91. The van der Waals surface area contributed by atoms with E-state index in [1.165, 1.54) is 24.6 Å². The van der Waals surface area contributed by atoms with Crippen LogP contribution in [0.3, 0.4) is 0 Å². The van der Waals surface area contributed by atoms with Gasteiger partial charge in [0.15, 0.2) is 0 Å². The molecule has 0 aliphatic heterocycles. The quantitative estimate of drug-likeness (QED) is 0.707. The summed E-state index contributed by atoms with van der Waals surface area (Å²) < 4.78 is 0. The first-order chi connectivity index (χ1) is 12.1. The maximum Gasteiger partial charge on any atom is 0.269 e. The summed E-state index contributed by atoms with van der Waals surface area (Å²) in [5.74, 6) is -0.426. The van der Waals surface area contributed by atoms with Gasteiger partial charge in [0.05, 0.1) is 0 Å². The number of pyridine rings is 1. The van der Waals surface area contributed by atoms with E-state index in [0.29, 0.717) is 18.7 Å². The molecule has 0 bridgehead atoms. The van der Waals surface area contributed by atoms with Gasteiger partial charge in [-0.05, 0) is 58.3 Å². The summed E-state index contributed by atoms with van der Waals surface area (Å²) in [5, 5.41) is 5.72. The molecule has 1 aliphatic rings. The van der Waals surface area contributed by atoms with E-state index in [2.05, 4.69) is 21.7 Å². The molecule has 6 nitrogen and oxygen atoms in total. The number of likely N-dealkylation sites (N-methyl/N-ethyl adjacent to an activating group) is 1. The van der Waals surface area contributed by atoms with Gasteiger partial charge in [0.2, 0.25) is 0 Å². The summed E-state index contributed by atoms with van der Waals surface area (Å²) in [7, 11) is 3.89. The van der Waals surface area contributed by atoms with Crippen molar-refractivity contribution in [3.8, 4) is 0 Å². The van der Waals surface area contributed by atoms with Gasteiger partial charge in [-0.1, -0.05) is 11.6 Å². The topological polar surface area (TPSA) is 74.3 Å². The second-order valence-corrected chi connectivity index (χ2v) is 6.60. The van der Waals surface area contributed by atoms with Crippen LogP contribution in [-0.2, 0) is 0 Å². The molecule has 0 unspecified atom stereocenters. The average molecular weight is 344 g/mol. The highest BCUT2D eigenvalue weighted by Gasteiger charge is 2.12. The Labute approximate surface area is 149 Å². The van der Waals surface area contributed by atoms with E-state index in [0.717, 1.165) is 25.8 Å². The van der Waals surface area contributed by atoms with Crippen molar-refractivity contribution < 1.29 is 9.59 Å². The zero-order valence-corrected chi connectivity index (χ0v) is 15.2. The number of hydrogen-bond donors (Lipinski definition) is 2. The number of carbonyl (C=O) groups is 2. The fourth-order valence-electron chi connectivity index (χ4n) is 2.75. The van der Waals surface area contributed by atoms with Crippen molar-refractivity contribution >= 4 is 11.8 Å². The van der Waals surface area contributed by atoms with E-state index in [-0.39, 0.29) is 17.5 Å². The molecule has 6 heteroatoms. The van der Waals surface area contributed by atoms with Gasteiger partial charge >= 0.3 is 0 Å². The number of nitrogens with zero attached hydrogens (tertiary/aromatic N) is 2. The Balaban J connectivity index is 1.83. The predicted molar refractivity (Wildman–Crippen MR) is 98.6 cm³/mol. The standard InChI is InChI=1S/C19H28N4O2/c1-23(2)13-12-22-19(25)17-14-16(9-11-20-17)18(24)21-10-8-15-6-4-3-5-7-15/h6,9,11,14H,3-5,7-8,10,12-13H2,1-2H3,(H,21,24)(H,22,25). The highest BCUT2D eigenvalue weighted by Crippen LogP contribution is 2.19. The van der Waals surface area contributed by atoms with Crippen molar-refractivity contribution in [2.24, 2.45) is 0 Å². The molecule has 2 rings (SSSR count). The van der Waals surface area contributed by atoms with Crippen LogP contribution in [0.1, 0.15) is 53.0 Å². The van der Waals surface area contributed by atoms with Crippen molar-refractivity contribution in [2.45, 2.75) is 32.1 Å². The Morgan fingerprint density at radius 1 is 1.16 bits per heavy atom. The van der Waals surface area contributed by atoms with Crippen LogP contribution in [-0.4, -0.2) is 55.4 Å². The third-order valence-electron chi connectivity index (χ3n) is 4.22. The Hall–Kier alpha value is -2.21. The van der Waals surface area contributed by atoms with Crippen LogP contribution in [0.2, 0.25) is 0 Å². The molecule has 1 aliphatic carbocycles. The van der Waals surface area contributed by atoms with Crippen molar-refractivity contribution in [1.82, 2.24) is 20.5 Å². The van der Waals surface area contributed by atoms with Crippen LogP contribution in [0, 0.1) is 0 Å². The molecule has 1 aromatic heterocycles. The summed E-state index contributed by atoms with van der Waals surface area (Å²) in [6.07, 6.45) is 9.50. The summed E-state index contributed by atoms with van der Waals surface area (Å²) >= 11 is 0. The van der Waals surface area contributed by atoms with Crippen LogP contribution in [0.4, 0.5) is 0 Å². The van der Waals surface area contributed by atoms with Crippen molar-refractivity contribution in [3.05, 3.63) is 41.2 Å². The molecule has 1 aromatic rings. The van der Waals surface area contributed by atoms with E-state index in [4.69, 9.17) is 0 Å². The van der Waals surface area contributed by atoms with Gasteiger partial charge in [-0.25, -0.2) is 0 Å². The average Bonchev–Trinajstić information content (AvgIpc) is 2.62. The molecule has 25 heavy (non-hydrogen) atoms. The van der Waals surface area contributed by atoms with Gasteiger partial charge in [-0.3, -0.25) is 14.6 Å². The Bertz CT molecular complexity index is 626. The SMILES string of the molecule is CN(C)CCNC(=O)c1cc(C(=O)NCCC2=CCCCC2)ccn1. The van der Waals surface area contributed by atoms with Gasteiger partial charge in [0, 0.05) is 31.4 Å². The van der Waals surface area contributed by atoms with Crippen molar-refractivity contribution in [1.29, 1.82) is 0 Å². The molecule has 0 fully saturated rings. The normalized spacial score (nSPS) is 14.1. The monoisotopic (exact) mass is 344 g/mol. The molecular formula is C19H28N4O2. The first kappa shape index (κ1) is 19.1. The molecule has 0 atom stereocenters. The third kappa shape index (κ3) is 6.66. The minimum Gasteiger partial charge on any atom is -0.352 e. The van der Waals surface area contributed by atoms with Crippen LogP contribution in [0.25, 0.3) is 0 Å². The molecule has 2 amide bonds. The molecule has 1 heterocycles. The number of aromatic nitrogens is 1. The summed E-state index contributed by atoms with van der Waals surface area (Å²) in [5.41, 5.74) is 2.16.